The van der Waals surface area contributed by atoms with Gasteiger partial charge in [-0.15, -0.1) is 0 Å². The first-order valence-corrected chi connectivity index (χ1v) is 10.4. The van der Waals surface area contributed by atoms with E-state index in [1.807, 2.05) is 47.5 Å². The molecule has 0 unspecified atom stereocenters. The highest BCUT2D eigenvalue weighted by molar-refractivity contribution is 5.32. The molecule has 5 nitrogen and oxygen atoms in total. The Kier molecular flexibility index (Phi) is 8.60. The summed E-state index contributed by atoms with van der Waals surface area (Å²) in [4.78, 5) is 4.07. The molecule has 0 aliphatic heterocycles. The molecule has 1 aliphatic rings. The molecular formula is C23H33F2NO4. The zero-order valence-corrected chi connectivity index (χ0v) is 18.7. The quantitative estimate of drug-likeness (QED) is 0.419. The van der Waals surface area contributed by atoms with Gasteiger partial charge in [-0.1, -0.05) is 13.8 Å². The molecule has 0 amide bonds. The van der Waals surface area contributed by atoms with Crippen molar-refractivity contribution in [3.63, 3.8) is 0 Å². The molecule has 0 radical (unpaired) electrons. The number of pyridine rings is 1. The van der Waals surface area contributed by atoms with Gasteiger partial charge in [0.05, 0.1) is 37.2 Å². The van der Waals surface area contributed by atoms with Crippen LogP contribution in [0, 0.1) is 17.8 Å². The molecule has 1 aromatic heterocycles. The fourth-order valence-corrected chi connectivity index (χ4v) is 2.70. The maximum atomic E-state index is 13.7. The minimum absolute atomic E-state index is 0.0184. The van der Waals surface area contributed by atoms with Gasteiger partial charge in [-0.25, -0.2) is 4.98 Å². The summed E-state index contributed by atoms with van der Waals surface area (Å²) in [6.45, 7) is 11.8. The molecule has 0 N–H and O–H groups in total. The second-order valence-electron chi connectivity index (χ2n) is 8.88. The van der Waals surface area contributed by atoms with Crippen LogP contribution >= 0.6 is 0 Å². The highest BCUT2D eigenvalue weighted by atomic mass is 19.3. The monoisotopic (exact) mass is 425 g/mol. The molecule has 1 aliphatic carbocycles. The summed E-state index contributed by atoms with van der Waals surface area (Å²) < 4.78 is 49.1. The van der Waals surface area contributed by atoms with Crippen LogP contribution in [0.5, 0.6) is 5.75 Å². The van der Waals surface area contributed by atoms with E-state index in [0.717, 1.165) is 12.8 Å². The van der Waals surface area contributed by atoms with Crippen molar-refractivity contribution in [2.24, 2.45) is 5.92 Å². The molecular weight excluding hydrogens is 392 g/mol. The minimum Gasteiger partial charge on any atom is -0.489 e. The van der Waals surface area contributed by atoms with Crippen LogP contribution in [-0.2, 0) is 14.2 Å². The average Bonchev–Trinajstić information content (AvgIpc) is 2.61. The van der Waals surface area contributed by atoms with Crippen molar-refractivity contribution in [1.29, 1.82) is 0 Å². The standard InChI is InChI=1S/C23H33F2NO4/c1-16(2)17(3)27-11-12-28-23(24,25)10-9-18-7-8-19(15-26-18)29-20-13-21(14-20)30-22(4,5)6/h7-8,15-17,20-21H,11-14H2,1-6H3/t17-,20?,21?/m1/s1. The Morgan fingerprint density at radius 3 is 2.37 bits per heavy atom. The highest BCUT2D eigenvalue weighted by Gasteiger charge is 2.34. The van der Waals surface area contributed by atoms with Crippen molar-refractivity contribution >= 4 is 0 Å². The lowest BCUT2D eigenvalue weighted by Gasteiger charge is -2.39. The lowest BCUT2D eigenvalue weighted by atomic mass is 9.91. The summed E-state index contributed by atoms with van der Waals surface area (Å²) in [6, 6.07) is 3.22. The highest BCUT2D eigenvalue weighted by Crippen LogP contribution is 2.31. The van der Waals surface area contributed by atoms with E-state index in [1.54, 1.807) is 12.1 Å². The number of hydrogen-bond donors (Lipinski definition) is 0. The fraction of sp³-hybridized carbons (Fsp3) is 0.696. The van der Waals surface area contributed by atoms with Gasteiger partial charge in [0.25, 0.3) is 0 Å². The number of hydrogen-bond acceptors (Lipinski definition) is 5. The van der Waals surface area contributed by atoms with Gasteiger partial charge in [0.15, 0.2) is 0 Å². The van der Waals surface area contributed by atoms with E-state index < -0.39 is 6.11 Å². The summed E-state index contributed by atoms with van der Waals surface area (Å²) in [6.07, 6.45) is -0.166. The lowest BCUT2D eigenvalue weighted by Crippen LogP contribution is -2.43. The minimum atomic E-state index is -3.56. The first-order valence-electron chi connectivity index (χ1n) is 10.4. The van der Waals surface area contributed by atoms with Crippen LogP contribution in [0.25, 0.3) is 0 Å². The zero-order chi connectivity index (χ0) is 22.4. The zero-order valence-electron chi connectivity index (χ0n) is 18.7. The fourth-order valence-electron chi connectivity index (χ4n) is 2.70. The summed E-state index contributed by atoms with van der Waals surface area (Å²) >= 11 is 0. The predicted molar refractivity (Wildman–Crippen MR) is 111 cm³/mol. The number of ether oxygens (including phenoxy) is 4. The van der Waals surface area contributed by atoms with E-state index in [9.17, 15) is 8.78 Å². The predicted octanol–water partition coefficient (Wildman–Crippen LogP) is 4.83. The van der Waals surface area contributed by atoms with Crippen LogP contribution in [0.1, 0.15) is 60.1 Å². The molecule has 168 valence electrons. The first kappa shape index (κ1) is 24.5. The number of alkyl halides is 2. The summed E-state index contributed by atoms with van der Waals surface area (Å²) in [5.74, 6) is 5.05. The third kappa shape index (κ3) is 8.95. The van der Waals surface area contributed by atoms with Crippen molar-refractivity contribution in [1.82, 2.24) is 4.98 Å². The molecule has 0 bridgehead atoms. The molecule has 1 saturated carbocycles. The van der Waals surface area contributed by atoms with Crippen molar-refractivity contribution in [2.45, 2.75) is 84.4 Å². The molecule has 1 aromatic rings. The number of nitrogens with zero attached hydrogens (tertiary/aromatic N) is 1. The Morgan fingerprint density at radius 2 is 1.80 bits per heavy atom. The Balaban J connectivity index is 1.74. The number of rotatable bonds is 9. The largest absolute Gasteiger partial charge is 0.489 e. The molecule has 30 heavy (non-hydrogen) atoms. The second kappa shape index (κ2) is 10.5. The lowest BCUT2D eigenvalue weighted by molar-refractivity contribution is -0.201. The van der Waals surface area contributed by atoms with Gasteiger partial charge < -0.3 is 18.9 Å². The van der Waals surface area contributed by atoms with Crippen molar-refractivity contribution < 1.29 is 27.7 Å². The maximum Gasteiger partial charge on any atom is 0.423 e. The van der Waals surface area contributed by atoms with Crippen LogP contribution < -0.4 is 4.74 Å². The van der Waals surface area contributed by atoms with Crippen molar-refractivity contribution in [2.75, 3.05) is 13.2 Å². The molecule has 0 spiro atoms. The maximum absolute atomic E-state index is 13.7. The summed E-state index contributed by atoms with van der Waals surface area (Å²) in [5, 5.41) is 0. The van der Waals surface area contributed by atoms with Crippen LogP contribution in [0.15, 0.2) is 18.3 Å². The van der Waals surface area contributed by atoms with E-state index in [-0.39, 0.29) is 42.8 Å². The van der Waals surface area contributed by atoms with Crippen molar-refractivity contribution in [3.8, 4) is 17.6 Å². The van der Waals surface area contributed by atoms with E-state index in [4.69, 9.17) is 14.2 Å². The third-order valence-corrected chi connectivity index (χ3v) is 4.63. The van der Waals surface area contributed by atoms with Crippen LogP contribution in [0.2, 0.25) is 0 Å². The first-order chi connectivity index (χ1) is 13.9. The second-order valence-corrected chi connectivity index (χ2v) is 8.88. The number of aromatic nitrogens is 1. The molecule has 0 aromatic carbocycles. The average molecular weight is 426 g/mol. The summed E-state index contributed by atoms with van der Waals surface area (Å²) in [7, 11) is 0. The number of halogens is 2. The Morgan fingerprint density at radius 1 is 1.10 bits per heavy atom. The van der Waals surface area contributed by atoms with Gasteiger partial charge >= 0.3 is 6.11 Å². The molecule has 2 rings (SSSR count). The Bertz CT molecular complexity index is 713. The van der Waals surface area contributed by atoms with Crippen molar-refractivity contribution in [3.05, 3.63) is 24.0 Å². The third-order valence-electron chi connectivity index (χ3n) is 4.63. The Labute approximate surface area is 178 Å². The molecule has 1 fully saturated rings. The molecule has 7 heteroatoms. The van der Waals surface area contributed by atoms with Gasteiger partial charge in [0, 0.05) is 18.8 Å². The Hall–Kier alpha value is -1.75. The van der Waals surface area contributed by atoms with Crippen LogP contribution in [-0.4, -0.2) is 48.2 Å². The van der Waals surface area contributed by atoms with Crippen LogP contribution in [0.3, 0.4) is 0 Å². The SMILES string of the molecule is CC(C)[C@@H](C)OCCOC(F)(F)C#Cc1ccc(OC2CC(OC(C)(C)C)C2)cn1. The topological polar surface area (TPSA) is 49.8 Å². The van der Waals surface area contributed by atoms with E-state index in [2.05, 4.69) is 15.6 Å². The van der Waals surface area contributed by atoms with Gasteiger partial charge in [0.1, 0.15) is 17.5 Å². The van der Waals surface area contributed by atoms with Crippen LogP contribution in [0.4, 0.5) is 8.78 Å². The van der Waals surface area contributed by atoms with Gasteiger partial charge in [0.2, 0.25) is 0 Å². The van der Waals surface area contributed by atoms with Gasteiger partial charge in [-0.05, 0) is 51.7 Å². The molecule has 1 atom stereocenters. The van der Waals surface area contributed by atoms with E-state index >= 15 is 0 Å². The summed E-state index contributed by atoms with van der Waals surface area (Å²) in [5.41, 5.74) is 0.0564. The van der Waals surface area contributed by atoms with Gasteiger partial charge in [-0.2, -0.15) is 8.78 Å². The normalized spacial score (nSPS) is 20.3. The molecule has 1 heterocycles. The smallest absolute Gasteiger partial charge is 0.423 e. The molecule has 0 saturated heterocycles. The van der Waals surface area contributed by atoms with E-state index in [1.165, 1.54) is 6.20 Å². The van der Waals surface area contributed by atoms with Gasteiger partial charge in [-0.3, -0.25) is 0 Å². The van der Waals surface area contributed by atoms with E-state index in [0.29, 0.717) is 11.7 Å².